The number of hydrogen-bond acceptors (Lipinski definition) is 2. The van der Waals surface area contributed by atoms with Crippen LogP contribution in [0, 0.1) is 5.92 Å². The van der Waals surface area contributed by atoms with Crippen LogP contribution in [0.25, 0.3) is 0 Å². The van der Waals surface area contributed by atoms with E-state index in [2.05, 4.69) is 17.6 Å². The summed E-state index contributed by atoms with van der Waals surface area (Å²) in [5, 5.41) is 6.73. The lowest BCUT2D eigenvalue weighted by molar-refractivity contribution is 0.315. The molecule has 0 bridgehead atoms. The highest BCUT2D eigenvalue weighted by Gasteiger charge is 2.19. The molecule has 108 valence electrons. The maximum absolute atomic E-state index is 6.31. The first-order chi connectivity index (χ1) is 9.31. The lowest BCUT2D eigenvalue weighted by Crippen LogP contribution is -2.22. The average molecular weight is 300 g/mol. The Morgan fingerprint density at radius 1 is 1.37 bits per heavy atom. The Morgan fingerprint density at radius 2 is 2.16 bits per heavy atom. The zero-order valence-corrected chi connectivity index (χ0v) is 13.5. The van der Waals surface area contributed by atoms with Crippen molar-refractivity contribution in [3.8, 4) is 0 Å². The van der Waals surface area contributed by atoms with E-state index in [9.17, 15) is 0 Å². The van der Waals surface area contributed by atoms with Gasteiger partial charge in [0.2, 0.25) is 0 Å². The molecule has 1 nitrogen and oxygen atoms in total. The van der Waals surface area contributed by atoms with Crippen LogP contribution in [0.3, 0.4) is 0 Å². The van der Waals surface area contributed by atoms with Gasteiger partial charge in [0.1, 0.15) is 0 Å². The summed E-state index contributed by atoms with van der Waals surface area (Å²) in [4.78, 5) is 1.34. The Morgan fingerprint density at radius 3 is 2.79 bits per heavy atom. The van der Waals surface area contributed by atoms with E-state index in [1.165, 1.54) is 56.2 Å². The van der Waals surface area contributed by atoms with Crippen LogP contribution in [-0.2, 0) is 0 Å². The van der Waals surface area contributed by atoms with Gasteiger partial charge in [-0.3, -0.25) is 0 Å². The first-order valence-corrected chi connectivity index (χ1v) is 9.03. The third kappa shape index (κ3) is 4.77. The molecule has 0 amide bonds. The number of halogens is 1. The van der Waals surface area contributed by atoms with Gasteiger partial charge in [-0.1, -0.05) is 50.6 Å². The van der Waals surface area contributed by atoms with Gasteiger partial charge in [0.05, 0.1) is 5.02 Å². The molecule has 1 fully saturated rings. The van der Waals surface area contributed by atoms with E-state index in [-0.39, 0.29) is 0 Å². The highest BCUT2D eigenvalue weighted by atomic mass is 35.5. The average Bonchev–Trinajstić information content (AvgIpc) is 2.86. The highest BCUT2D eigenvalue weighted by Crippen LogP contribution is 2.34. The van der Waals surface area contributed by atoms with Crippen molar-refractivity contribution in [3.63, 3.8) is 0 Å². The molecule has 1 heterocycles. The van der Waals surface area contributed by atoms with Crippen LogP contribution in [0.4, 0.5) is 0 Å². The fourth-order valence-electron chi connectivity index (χ4n) is 3.08. The second kappa shape index (κ2) is 8.28. The summed E-state index contributed by atoms with van der Waals surface area (Å²) in [5.74, 6) is 0.957. The first-order valence-electron chi connectivity index (χ1n) is 7.77. The Bertz CT molecular complexity index is 357. The van der Waals surface area contributed by atoms with Gasteiger partial charge >= 0.3 is 0 Å². The summed E-state index contributed by atoms with van der Waals surface area (Å²) in [6, 6.07) is 2.50. The highest BCUT2D eigenvalue weighted by molar-refractivity contribution is 7.10. The minimum absolute atomic E-state index is 0.467. The molecule has 2 rings (SSSR count). The molecule has 0 saturated heterocycles. The Balaban J connectivity index is 1.88. The summed E-state index contributed by atoms with van der Waals surface area (Å²) in [6.07, 6.45) is 11.0. The van der Waals surface area contributed by atoms with E-state index in [4.69, 9.17) is 11.6 Å². The lowest BCUT2D eigenvalue weighted by atomic mass is 9.85. The van der Waals surface area contributed by atoms with Crippen molar-refractivity contribution in [2.45, 2.75) is 64.3 Å². The van der Waals surface area contributed by atoms with Gasteiger partial charge < -0.3 is 5.32 Å². The molecule has 1 saturated carbocycles. The van der Waals surface area contributed by atoms with Crippen LogP contribution in [0.5, 0.6) is 0 Å². The first kappa shape index (κ1) is 15.3. The molecular weight excluding hydrogens is 274 g/mol. The van der Waals surface area contributed by atoms with Crippen LogP contribution in [0.15, 0.2) is 11.4 Å². The molecule has 0 radical (unpaired) electrons. The molecule has 1 aromatic rings. The van der Waals surface area contributed by atoms with E-state index in [0.29, 0.717) is 6.04 Å². The number of hydrogen-bond donors (Lipinski definition) is 1. The maximum atomic E-state index is 6.31. The smallest absolute Gasteiger partial charge is 0.0561 e. The monoisotopic (exact) mass is 299 g/mol. The molecule has 0 spiro atoms. The molecular formula is C16H26ClNS. The van der Waals surface area contributed by atoms with Crippen LogP contribution >= 0.6 is 22.9 Å². The van der Waals surface area contributed by atoms with Crippen LogP contribution in [0.1, 0.15) is 69.2 Å². The topological polar surface area (TPSA) is 12.0 Å². The van der Waals surface area contributed by atoms with Crippen molar-refractivity contribution < 1.29 is 0 Å². The van der Waals surface area contributed by atoms with Gasteiger partial charge in [-0.2, -0.15) is 0 Å². The van der Waals surface area contributed by atoms with E-state index in [1.807, 2.05) is 6.07 Å². The quantitative estimate of drug-likeness (QED) is 0.670. The zero-order chi connectivity index (χ0) is 13.5. The third-order valence-corrected chi connectivity index (χ3v) is 5.66. The predicted molar refractivity (Wildman–Crippen MR) is 86.2 cm³/mol. The zero-order valence-electron chi connectivity index (χ0n) is 12.0. The molecule has 0 aliphatic heterocycles. The molecule has 1 aromatic heterocycles. The van der Waals surface area contributed by atoms with Crippen molar-refractivity contribution >= 4 is 22.9 Å². The Kier molecular flexibility index (Phi) is 6.69. The Labute approximate surface area is 126 Å². The van der Waals surface area contributed by atoms with Crippen LogP contribution in [0.2, 0.25) is 5.02 Å². The van der Waals surface area contributed by atoms with E-state index in [1.54, 1.807) is 11.3 Å². The van der Waals surface area contributed by atoms with Gasteiger partial charge in [-0.25, -0.2) is 0 Å². The summed E-state index contributed by atoms with van der Waals surface area (Å²) < 4.78 is 0. The summed E-state index contributed by atoms with van der Waals surface area (Å²) >= 11 is 8.11. The lowest BCUT2D eigenvalue weighted by Gasteiger charge is -2.24. The van der Waals surface area contributed by atoms with Crippen molar-refractivity contribution in [3.05, 3.63) is 21.3 Å². The van der Waals surface area contributed by atoms with Gasteiger partial charge in [-0.05, 0) is 43.2 Å². The minimum Gasteiger partial charge on any atom is -0.309 e. The summed E-state index contributed by atoms with van der Waals surface area (Å²) in [5.41, 5.74) is 0. The second-order valence-electron chi connectivity index (χ2n) is 5.72. The van der Waals surface area contributed by atoms with Gasteiger partial charge in [0.15, 0.2) is 0 Å². The molecule has 1 unspecified atom stereocenters. The van der Waals surface area contributed by atoms with E-state index < -0.39 is 0 Å². The molecule has 1 aliphatic rings. The number of rotatable bonds is 7. The third-order valence-electron chi connectivity index (χ3n) is 4.19. The number of thiophene rings is 1. The number of nitrogens with one attached hydrogen (secondary N) is 1. The molecule has 1 atom stereocenters. The van der Waals surface area contributed by atoms with Crippen LogP contribution in [-0.4, -0.2) is 6.54 Å². The molecule has 3 heteroatoms. The Hall–Kier alpha value is -0.0500. The molecule has 1 N–H and O–H groups in total. The van der Waals surface area contributed by atoms with Crippen molar-refractivity contribution in [1.29, 1.82) is 0 Å². The predicted octanol–water partition coefficient (Wildman–Crippen LogP) is 5.80. The van der Waals surface area contributed by atoms with Crippen molar-refractivity contribution in [1.82, 2.24) is 5.32 Å². The summed E-state index contributed by atoms with van der Waals surface area (Å²) in [6.45, 7) is 3.31. The normalized spacial score (nSPS) is 18.6. The van der Waals surface area contributed by atoms with Gasteiger partial charge in [-0.15, -0.1) is 11.3 Å². The SMILES string of the molecule is CCCNC(CCC1CCCCC1)c1sccc1Cl. The molecule has 1 aliphatic carbocycles. The molecule has 19 heavy (non-hydrogen) atoms. The van der Waals surface area contributed by atoms with Crippen molar-refractivity contribution in [2.75, 3.05) is 6.54 Å². The van der Waals surface area contributed by atoms with Gasteiger partial charge in [0.25, 0.3) is 0 Å². The maximum Gasteiger partial charge on any atom is 0.0561 e. The van der Waals surface area contributed by atoms with Gasteiger partial charge in [0, 0.05) is 10.9 Å². The van der Waals surface area contributed by atoms with Crippen LogP contribution < -0.4 is 5.32 Å². The van der Waals surface area contributed by atoms with E-state index >= 15 is 0 Å². The van der Waals surface area contributed by atoms with Crippen molar-refractivity contribution in [2.24, 2.45) is 5.92 Å². The molecule has 0 aromatic carbocycles. The fraction of sp³-hybridized carbons (Fsp3) is 0.750. The minimum atomic E-state index is 0.467. The van der Waals surface area contributed by atoms with E-state index in [0.717, 1.165) is 17.5 Å². The summed E-state index contributed by atoms with van der Waals surface area (Å²) in [7, 11) is 0. The fourth-order valence-corrected chi connectivity index (χ4v) is 4.38. The standard InChI is InChI=1S/C16H26ClNS/c1-2-11-18-15(16-14(17)10-12-19-16)9-8-13-6-4-3-5-7-13/h10,12-13,15,18H,2-9,11H2,1H3. The largest absolute Gasteiger partial charge is 0.309 e. The second-order valence-corrected chi connectivity index (χ2v) is 7.08.